The van der Waals surface area contributed by atoms with Gasteiger partial charge in [-0.15, -0.1) is 0 Å². The normalized spacial score (nSPS) is 29.9. The largest absolute Gasteiger partial charge is 0.383 e. The van der Waals surface area contributed by atoms with Crippen molar-refractivity contribution in [1.29, 1.82) is 0 Å². The summed E-state index contributed by atoms with van der Waals surface area (Å²) >= 11 is 0. The predicted octanol–water partition coefficient (Wildman–Crippen LogP) is 2.84. The van der Waals surface area contributed by atoms with E-state index in [0.717, 1.165) is 44.8 Å². The van der Waals surface area contributed by atoms with E-state index in [1.165, 1.54) is 11.8 Å². The number of piperidine rings is 1. The number of rotatable bonds is 5. The Morgan fingerprint density at radius 1 is 1.11 bits per heavy atom. The molecule has 6 rings (SSSR count). The van der Waals surface area contributed by atoms with Gasteiger partial charge in [0.15, 0.2) is 0 Å². The second kappa shape index (κ2) is 5.97. The fraction of sp³-hybridized carbons (Fsp3) is 0.600. The summed E-state index contributed by atoms with van der Waals surface area (Å²) in [7, 11) is 0. The SMILES string of the molecule is Nc1ncc(-c2cc([C@H]3[C@@H]4CN(C5COC5)C[C@@H]43)n(C3CC3)n2)cc1C(F)F. The number of nitrogen functional groups attached to an aromatic ring is 1. The third-order valence-electron chi connectivity index (χ3n) is 6.84. The van der Waals surface area contributed by atoms with Gasteiger partial charge in [0.05, 0.1) is 36.6 Å². The number of anilines is 1. The first kappa shape index (κ1) is 16.9. The molecular weight excluding hydrogens is 364 g/mol. The predicted molar refractivity (Wildman–Crippen MR) is 99.0 cm³/mol. The number of alkyl halides is 2. The summed E-state index contributed by atoms with van der Waals surface area (Å²) in [6.45, 7) is 4.00. The van der Waals surface area contributed by atoms with Gasteiger partial charge in [-0.25, -0.2) is 13.8 Å². The van der Waals surface area contributed by atoms with E-state index < -0.39 is 6.43 Å². The first-order chi connectivity index (χ1) is 13.6. The second-order valence-electron chi connectivity index (χ2n) is 8.63. The van der Waals surface area contributed by atoms with Crippen LogP contribution in [-0.2, 0) is 4.74 Å². The quantitative estimate of drug-likeness (QED) is 0.854. The van der Waals surface area contributed by atoms with Crippen molar-refractivity contribution in [2.45, 2.75) is 37.3 Å². The molecule has 2 saturated heterocycles. The van der Waals surface area contributed by atoms with Gasteiger partial charge in [-0.3, -0.25) is 9.58 Å². The Bertz CT molecular complexity index is 911. The zero-order valence-electron chi connectivity index (χ0n) is 15.5. The molecule has 4 fully saturated rings. The number of hydrogen-bond acceptors (Lipinski definition) is 5. The van der Waals surface area contributed by atoms with Gasteiger partial charge in [0.2, 0.25) is 0 Å². The lowest BCUT2D eigenvalue weighted by molar-refractivity contribution is -0.0610. The van der Waals surface area contributed by atoms with E-state index in [1.807, 2.05) is 0 Å². The molecule has 6 nitrogen and oxygen atoms in total. The lowest BCUT2D eigenvalue weighted by Gasteiger charge is -2.35. The molecular formula is C20H23F2N5O. The van der Waals surface area contributed by atoms with Gasteiger partial charge in [0, 0.05) is 36.5 Å². The molecule has 3 atom stereocenters. The number of nitrogens with two attached hydrogens (primary N) is 1. The summed E-state index contributed by atoms with van der Waals surface area (Å²) in [5.74, 6) is 1.79. The third kappa shape index (κ3) is 2.58. The van der Waals surface area contributed by atoms with Crippen molar-refractivity contribution < 1.29 is 13.5 Å². The summed E-state index contributed by atoms with van der Waals surface area (Å²) in [6, 6.07) is 4.59. The summed E-state index contributed by atoms with van der Waals surface area (Å²) in [4.78, 5) is 6.53. The van der Waals surface area contributed by atoms with Gasteiger partial charge in [0.25, 0.3) is 6.43 Å². The molecule has 8 heteroatoms. The van der Waals surface area contributed by atoms with Crippen LogP contribution in [0.25, 0.3) is 11.3 Å². The topological polar surface area (TPSA) is 69.2 Å². The summed E-state index contributed by atoms with van der Waals surface area (Å²) in [6.07, 6.45) is 1.20. The molecule has 4 heterocycles. The zero-order chi connectivity index (χ0) is 19.0. The van der Waals surface area contributed by atoms with Crippen molar-refractivity contribution in [3.63, 3.8) is 0 Å². The molecule has 0 amide bonds. The molecule has 4 aliphatic rings. The fourth-order valence-electron chi connectivity index (χ4n) is 4.95. The van der Waals surface area contributed by atoms with Gasteiger partial charge >= 0.3 is 0 Å². The van der Waals surface area contributed by atoms with Crippen molar-refractivity contribution in [3.05, 3.63) is 29.6 Å². The van der Waals surface area contributed by atoms with Crippen molar-refractivity contribution in [2.24, 2.45) is 11.8 Å². The average molecular weight is 387 g/mol. The van der Waals surface area contributed by atoms with Gasteiger partial charge in [-0.1, -0.05) is 0 Å². The molecule has 2 aliphatic carbocycles. The molecule has 0 bridgehead atoms. The van der Waals surface area contributed by atoms with Crippen LogP contribution in [-0.4, -0.2) is 52.0 Å². The first-order valence-corrected chi connectivity index (χ1v) is 10.1. The summed E-state index contributed by atoms with van der Waals surface area (Å²) in [5, 5.41) is 4.80. The Morgan fingerprint density at radius 2 is 1.86 bits per heavy atom. The molecule has 0 unspecified atom stereocenters. The molecule has 148 valence electrons. The molecule has 0 radical (unpaired) electrons. The van der Waals surface area contributed by atoms with Crippen LogP contribution < -0.4 is 5.73 Å². The minimum absolute atomic E-state index is 0.114. The molecule has 0 aromatic carbocycles. The van der Waals surface area contributed by atoms with E-state index >= 15 is 0 Å². The molecule has 2 aromatic rings. The number of ether oxygens (including phenoxy) is 1. The van der Waals surface area contributed by atoms with Crippen LogP contribution in [0.15, 0.2) is 18.3 Å². The van der Waals surface area contributed by atoms with Crippen LogP contribution in [0.4, 0.5) is 14.6 Å². The van der Waals surface area contributed by atoms with Crippen LogP contribution in [0.5, 0.6) is 0 Å². The highest BCUT2D eigenvalue weighted by atomic mass is 19.3. The second-order valence-corrected chi connectivity index (χ2v) is 8.63. The van der Waals surface area contributed by atoms with Gasteiger partial charge in [0.1, 0.15) is 5.82 Å². The van der Waals surface area contributed by atoms with Crippen molar-refractivity contribution in [3.8, 4) is 11.3 Å². The Labute approximate surface area is 161 Å². The Morgan fingerprint density at radius 3 is 2.46 bits per heavy atom. The van der Waals surface area contributed by atoms with Gasteiger partial charge < -0.3 is 10.5 Å². The minimum atomic E-state index is -2.64. The van der Waals surface area contributed by atoms with Gasteiger partial charge in [-0.05, 0) is 36.8 Å². The molecule has 2 N–H and O–H groups in total. The zero-order valence-corrected chi connectivity index (χ0v) is 15.5. The lowest BCUT2D eigenvalue weighted by atomic mass is 10.1. The number of nitrogens with zero attached hydrogens (tertiary/aromatic N) is 4. The monoisotopic (exact) mass is 387 g/mol. The maximum Gasteiger partial charge on any atom is 0.267 e. The number of aromatic nitrogens is 3. The van der Waals surface area contributed by atoms with Gasteiger partial charge in [-0.2, -0.15) is 5.10 Å². The number of likely N-dealkylation sites (tertiary alicyclic amines) is 1. The minimum Gasteiger partial charge on any atom is -0.383 e. The number of fused-ring (bicyclic) bond motifs is 1. The van der Waals surface area contributed by atoms with Crippen molar-refractivity contribution in [2.75, 3.05) is 32.0 Å². The first-order valence-electron chi connectivity index (χ1n) is 10.1. The number of pyridine rings is 1. The van der Waals surface area contributed by atoms with E-state index in [-0.39, 0.29) is 11.4 Å². The van der Waals surface area contributed by atoms with Crippen LogP contribution in [0.2, 0.25) is 0 Å². The Hall–Kier alpha value is -2.06. The van der Waals surface area contributed by atoms with Crippen LogP contribution >= 0.6 is 0 Å². The smallest absolute Gasteiger partial charge is 0.267 e. The standard InChI is InChI=1S/C20H23F2N5O/c21-19(22)13-3-10(5-24-20(13)23)16-4-17(27(25-16)11-1-2-11)18-14-6-26(7-15(14)18)12-8-28-9-12/h3-5,11-12,14-15,18-19H,1-2,6-9H2,(H2,23,24)/t14-,15+,18+. The lowest BCUT2D eigenvalue weighted by Crippen LogP contribution is -2.48. The molecule has 2 aliphatic heterocycles. The van der Waals surface area contributed by atoms with E-state index in [9.17, 15) is 8.78 Å². The summed E-state index contributed by atoms with van der Waals surface area (Å²) < 4.78 is 33.9. The number of halogens is 2. The molecule has 2 saturated carbocycles. The van der Waals surface area contributed by atoms with Crippen LogP contribution in [0.3, 0.4) is 0 Å². The van der Waals surface area contributed by atoms with Crippen molar-refractivity contribution >= 4 is 5.82 Å². The Balaban J connectivity index is 1.29. The van der Waals surface area contributed by atoms with E-state index in [0.29, 0.717) is 35.4 Å². The highest BCUT2D eigenvalue weighted by Crippen LogP contribution is 2.60. The third-order valence-corrected chi connectivity index (χ3v) is 6.84. The maximum absolute atomic E-state index is 13.2. The molecule has 2 aromatic heterocycles. The van der Waals surface area contributed by atoms with E-state index in [1.54, 1.807) is 6.20 Å². The maximum atomic E-state index is 13.2. The average Bonchev–Trinajstić information content (AvgIpc) is 3.50. The summed E-state index contributed by atoms with van der Waals surface area (Å²) in [5.41, 5.74) is 8.00. The highest BCUT2D eigenvalue weighted by Gasteiger charge is 2.59. The highest BCUT2D eigenvalue weighted by molar-refractivity contribution is 5.63. The van der Waals surface area contributed by atoms with Crippen molar-refractivity contribution in [1.82, 2.24) is 19.7 Å². The van der Waals surface area contributed by atoms with Crippen LogP contribution in [0, 0.1) is 11.8 Å². The fourth-order valence-corrected chi connectivity index (χ4v) is 4.95. The molecule has 0 spiro atoms. The van der Waals surface area contributed by atoms with E-state index in [4.69, 9.17) is 15.6 Å². The van der Waals surface area contributed by atoms with Crippen LogP contribution in [0.1, 0.15) is 42.5 Å². The van der Waals surface area contributed by atoms with E-state index in [2.05, 4.69) is 20.6 Å². The molecule has 28 heavy (non-hydrogen) atoms. The Kier molecular flexibility index (Phi) is 3.59. The number of hydrogen-bond donors (Lipinski definition) is 1.